The van der Waals surface area contributed by atoms with Crippen LogP contribution in [0.4, 0.5) is 5.69 Å². The molecular formula is C16H20N2O. The maximum atomic E-state index is 10.8. The Morgan fingerprint density at radius 3 is 2.74 bits per heavy atom. The molecular weight excluding hydrogens is 236 g/mol. The average Bonchev–Trinajstić information content (AvgIpc) is 2.42. The second-order valence-corrected chi connectivity index (χ2v) is 4.23. The van der Waals surface area contributed by atoms with Crippen molar-refractivity contribution in [1.82, 2.24) is 0 Å². The molecule has 0 aliphatic rings. The minimum absolute atomic E-state index is 0.701. The third-order valence-corrected chi connectivity index (χ3v) is 2.77. The zero-order chi connectivity index (χ0) is 14.3. The molecule has 0 aliphatic carbocycles. The van der Waals surface area contributed by atoms with E-state index in [0.29, 0.717) is 5.56 Å². The van der Waals surface area contributed by atoms with Crippen molar-refractivity contribution in [3.63, 3.8) is 0 Å². The molecule has 0 amide bonds. The van der Waals surface area contributed by atoms with Gasteiger partial charge in [-0.15, -0.1) is 0 Å². The third-order valence-electron chi connectivity index (χ3n) is 2.77. The number of carbonyl (C=O) groups excluding carboxylic acids is 1. The van der Waals surface area contributed by atoms with Crippen LogP contribution in [0.3, 0.4) is 0 Å². The molecule has 3 nitrogen and oxygen atoms in total. The predicted octanol–water partition coefficient (Wildman–Crippen LogP) is 4.12. The Morgan fingerprint density at radius 2 is 2.21 bits per heavy atom. The summed E-state index contributed by atoms with van der Waals surface area (Å²) in [6, 6.07) is 5.59. The number of aliphatic imine (C=N–C) groups is 1. The first-order valence-corrected chi connectivity index (χ1v) is 6.32. The van der Waals surface area contributed by atoms with Gasteiger partial charge >= 0.3 is 0 Å². The quantitative estimate of drug-likeness (QED) is 0.489. The molecule has 19 heavy (non-hydrogen) atoms. The largest absolute Gasteiger partial charge is 0.340 e. The number of allylic oxidation sites excluding steroid dienone is 1. The average molecular weight is 256 g/mol. The van der Waals surface area contributed by atoms with Crippen LogP contribution in [-0.4, -0.2) is 12.1 Å². The summed E-state index contributed by atoms with van der Waals surface area (Å²) in [5.74, 6) is 0.749. The summed E-state index contributed by atoms with van der Waals surface area (Å²) >= 11 is 0. The van der Waals surface area contributed by atoms with Crippen LogP contribution in [0.25, 0.3) is 0 Å². The third kappa shape index (κ3) is 4.21. The molecule has 0 unspecified atom stereocenters. The zero-order valence-corrected chi connectivity index (χ0v) is 11.7. The Morgan fingerprint density at radius 1 is 1.47 bits per heavy atom. The Hall–Kier alpha value is -2.16. The first-order valence-electron chi connectivity index (χ1n) is 6.32. The van der Waals surface area contributed by atoms with Crippen molar-refractivity contribution in [3.8, 4) is 0 Å². The molecule has 3 heteroatoms. The zero-order valence-electron chi connectivity index (χ0n) is 11.7. The van der Waals surface area contributed by atoms with Crippen molar-refractivity contribution < 1.29 is 4.79 Å². The van der Waals surface area contributed by atoms with Crippen molar-refractivity contribution in [2.75, 3.05) is 5.32 Å². The molecule has 100 valence electrons. The van der Waals surface area contributed by atoms with Crippen LogP contribution in [0.1, 0.15) is 36.2 Å². The normalized spacial score (nSPS) is 11.6. The molecule has 0 saturated carbocycles. The monoisotopic (exact) mass is 256 g/mol. The fourth-order valence-electron chi connectivity index (χ4n) is 1.55. The lowest BCUT2D eigenvalue weighted by atomic mass is 10.1. The van der Waals surface area contributed by atoms with Gasteiger partial charge in [0.25, 0.3) is 0 Å². The lowest BCUT2D eigenvalue weighted by Crippen LogP contribution is -2.14. The maximum Gasteiger partial charge on any atom is 0.150 e. The van der Waals surface area contributed by atoms with E-state index >= 15 is 0 Å². The molecule has 0 spiro atoms. The number of hydrogen-bond donors (Lipinski definition) is 1. The van der Waals surface area contributed by atoms with E-state index < -0.39 is 0 Å². The van der Waals surface area contributed by atoms with Gasteiger partial charge < -0.3 is 5.32 Å². The Labute approximate surface area is 114 Å². The second-order valence-electron chi connectivity index (χ2n) is 4.23. The molecule has 1 aromatic carbocycles. The van der Waals surface area contributed by atoms with Crippen molar-refractivity contribution in [2.24, 2.45) is 4.99 Å². The first-order chi connectivity index (χ1) is 9.12. The fraction of sp³-hybridized carbons (Fsp3) is 0.250. The Kier molecular flexibility index (Phi) is 5.73. The second kappa shape index (κ2) is 7.31. The molecule has 0 fully saturated rings. The van der Waals surface area contributed by atoms with E-state index in [4.69, 9.17) is 0 Å². The summed E-state index contributed by atoms with van der Waals surface area (Å²) in [5, 5.41) is 3.24. The van der Waals surface area contributed by atoms with Crippen LogP contribution < -0.4 is 5.32 Å². The van der Waals surface area contributed by atoms with Crippen LogP contribution in [0.2, 0.25) is 0 Å². The molecule has 0 bridgehead atoms. The number of amidine groups is 1. The van der Waals surface area contributed by atoms with Gasteiger partial charge in [0, 0.05) is 17.5 Å². The standard InChI is InChI=1S/C16H20N2O/c1-5-9-17-16(12(3)6-2)18-15-8-7-14(11-19)13(4)10-15/h5,7-11H,3,6H2,1-2,4H3,(H,17,18)/b9-5-. The Balaban J connectivity index is 3.00. The van der Waals surface area contributed by atoms with E-state index in [2.05, 4.69) is 16.9 Å². The Bertz CT molecular complexity index is 528. The van der Waals surface area contributed by atoms with Gasteiger partial charge in [0.05, 0.1) is 0 Å². The highest BCUT2D eigenvalue weighted by Gasteiger charge is 2.04. The molecule has 0 atom stereocenters. The smallest absolute Gasteiger partial charge is 0.150 e. The van der Waals surface area contributed by atoms with Crippen molar-refractivity contribution in [1.29, 1.82) is 0 Å². The number of aldehydes is 1. The number of aryl methyl sites for hydroxylation is 1. The number of rotatable bonds is 5. The lowest BCUT2D eigenvalue weighted by Gasteiger charge is -2.11. The lowest BCUT2D eigenvalue weighted by molar-refractivity contribution is 0.112. The van der Waals surface area contributed by atoms with E-state index in [1.165, 1.54) is 0 Å². The number of carbonyl (C=O) groups is 1. The van der Waals surface area contributed by atoms with Gasteiger partial charge in [-0.3, -0.25) is 4.79 Å². The maximum absolute atomic E-state index is 10.8. The van der Waals surface area contributed by atoms with Gasteiger partial charge in [-0.05, 0) is 49.6 Å². The highest BCUT2D eigenvalue weighted by molar-refractivity contribution is 6.07. The van der Waals surface area contributed by atoms with Crippen molar-refractivity contribution in [2.45, 2.75) is 27.2 Å². The minimum atomic E-state index is 0.701. The van der Waals surface area contributed by atoms with Crippen molar-refractivity contribution in [3.05, 3.63) is 53.8 Å². The molecule has 0 aromatic heterocycles. The van der Waals surface area contributed by atoms with Crippen LogP contribution in [-0.2, 0) is 0 Å². The van der Waals surface area contributed by atoms with Gasteiger partial charge in [-0.1, -0.05) is 19.6 Å². The van der Waals surface area contributed by atoms with Gasteiger partial charge in [0.15, 0.2) is 0 Å². The summed E-state index contributed by atoms with van der Waals surface area (Å²) in [4.78, 5) is 15.1. The highest BCUT2D eigenvalue weighted by atomic mass is 16.1. The number of benzene rings is 1. The fourth-order valence-corrected chi connectivity index (χ4v) is 1.55. The first kappa shape index (κ1) is 14.9. The van der Waals surface area contributed by atoms with Crippen LogP contribution in [0.5, 0.6) is 0 Å². The number of anilines is 1. The molecule has 1 rings (SSSR count). The van der Waals surface area contributed by atoms with Crippen LogP contribution in [0, 0.1) is 6.92 Å². The predicted molar refractivity (Wildman–Crippen MR) is 81.9 cm³/mol. The van der Waals surface area contributed by atoms with Gasteiger partial charge in [0.2, 0.25) is 0 Å². The minimum Gasteiger partial charge on any atom is -0.340 e. The van der Waals surface area contributed by atoms with E-state index in [0.717, 1.165) is 35.4 Å². The number of nitrogens with zero attached hydrogens (tertiary/aromatic N) is 1. The SMILES string of the molecule is C=C(CC)C(=N/C=C\C)Nc1ccc(C=O)c(C)c1. The topological polar surface area (TPSA) is 41.5 Å². The number of nitrogens with one attached hydrogen (secondary N) is 1. The molecule has 0 heterocycles. The van der Waals surface area contributed by atoms with Gasteiger partial charge in [0.1, 0.15) is 12.1 Å². The summed E-state index contributed by atoms with van der Waals surface area (Å²) in [7, 11) is 0. The molecule has 0 radical (unpaired) electrons. The highest BCUT2D eigenvalue weighted by Crippen LogP contribution is 2.15. The molecule has 0 aliphatic heterocycles. The van der Waals surface area contributed by atoms with Crippen molar-refractivity contribution >= 4 is 17.8 Å². The summed E-state index contributed by atoms with van der Waals surface area (Å²) in [5.41, 5.74) is 3.48. The number of hydrogen-bond acceptors (Lipinski definition) is 2. The van der Waals surface area contributed by atoms with E-state index in [1.54, 1.807) is 12.3 Å². The van der Waals surface area contributed by atoms with Gasteiger partial charge in [-0.25, -0.2) is 4.99 Å². The van der Waals surface area contributed by atoms with Crippen LogP contribution in [0.15, 0.2) is 47.6 Å². The summed E-state index contributed by atoms with van der Waals surface area (Å²) < 4.78 is 0. The molecule has 0 saturated heterocycles. The summed E-state index contributed by atoms with van der Waals surface area (Å²) in [6.45, 7) is 9.86. The molecule has 1 N–H and O–H groups in total. The van der Waals surface area contributed by atoms with Crippen LogP contribution >= 0.6 is 0 Å². The van der Waals surface area contributed by atoms with E-state index in [9.17, 15) is 4.79 Å². The van der Waals surface area contributed by atoms with E-state index in [-0.39, 0.29) is 0 Å². The summed E-state index contributed by atoms with van der Waals surface area (Å²) in [6.07, 6.45) is 5.29. The molecule has 1 aromatic rings. The van der Waals surface area contributed by atoms with E-state index in [1.807, 2.05) is 39.0 Å². The van der Waals surface area contributed by atoms with Gasteiger partial charge in [-0.2, -0.15) is 0 Å².